The molecule has 286 valence electrons. The third-order valence-corrected chi connectivity index (χ3v) is 14.3. The highest BCUT2D eigenvalue weighted by Crippen LogP contribution is 2.54. The summed E-state index contributed by atoms with van der Waals surface area (Å²) in [5.41, 5.74) is 25.8. The lowest BCUT2D eigenvalue weighted by Crippen LogP contribution is -2.17. The fraction of sp³-hybridized carbons (Fsp3) is 0.172. The Bertz CT molecular complexity index is 2900. The minimum Gasteiger partial charge on any atom is -0.310 e. The van der Waals surface area contributed by atoms with Crippen molar-refractivity contribution in [2.75, 3.05) is 4.90 Å². The first-order valence-electron chi connectivity index (χ1n) is 21.2. The predicted molar refractivity (Wildman–Crippen MR) is 249 cm³/mol. The zero-order chi connectivity index (χ0) is 40.4. The third kappa shape index (κ3) is 5.10. The lowest BCUT2D eigenvalue weighted by Gasteiger charge is -2.30. The molecule has 3 aliphatic carbocycles. The van der Waals surface area contributed by atoms with E-state index in [2.05, 4.69) is 223 Å². The summed E-state index contributed by atoms with van der Waals surface area (Å²) < 4.78 is 0. The van der Waals surface area contributed by atoms with Crippen molar-refractivity contribution in [3.8, 4) is 55.6 Å². The number of para-hydroxylation sites is 1. The summed E-state index contributed by atoms with van der Waals surface area (Å²) in [7, 11) is 0. The summed E-state index contributed by atoms with van der Waals surface area (Å²) in [5.74, 6) is 0. The van der Waals surface area contributed by atoms with Crippen molar-refractivity contribution in [1.82, 2.24) is 0 Å². The third-order valence-electron chi connectivity index (χ3n) is 14.3. The molecule has 0 saturated heterocycles. The van der Waals surface area contributed by atoms with Crippen LogP contribution in [0.1, 0.15) is 80.5 Å². The molecule has 0 fully saturated rings. The van der Waals surface area contributed by atoms with Gasteiger partial charge in [-0.25, -0.2) is 0 Å². The molecule has 3 aliphatic rings. The van der Waals surface area contributed by atoms with Gasteiger partial charge >= 0.3 is 0 Å². The zero-order valence-electron chi connectivity index (χ0n) is 35.1. The molecule has 59 heavy (non-hydrogen) atoms. The standard InChI is InChI=1S/C58H49N/c1-36-48(37-25-28-45-42-19-11-14-22-50(42)56(2,3)53(45)31-37)33-41(34-49(36)38-26-29-46-43-20-12-15-23-51(43)57(4,5)54(46)32-38)59(39-17-9-8-10-18-39)40-27-30-47-44-21-13-16-24-52(44)58(6,7)55(47)35-40/h8-35H,1-7H3. The fourth-order valence-electron chi connectivity index (χ4n) is 11.0. The number of hydrogen-bond donors (Lipinski definition) is 0. The van der Waals surface area contributed by atoms with Gasteiger partial charge in [-0.2, -0.15) is 0 Å². The lowest BCUT2D eigenvalue weighted by atomic mass is 9.80. The molecule has 0 atom stereocenters. The molecule has 0 amide bonds. The molecule has 0 bridgehead atoms. The van der Waals surface area contributed by atoms with E-state index in [9.17, 15) is 0 Å². The van der Waals surface area contributed by atoms with Crippen LogP contribution in [0.25, 0.3) is 55.6 Å². The Balaban J connectivity index is 1.15. The monoisotopic (exact) mass is 759 g/mol. The van der Waals surface area contributed by atoms with Gasteiger partial charge in [0.15, 0.2) is 0 Å². The Kier molecular flexibility index (Phi) is 7.58. The van der Waals surface area contributed by atoms with Crippen LogP contribution in [0.5, 0.6) is 0 Å². The van der Waals surface area contributed by atoms with E-state index in [1.54, 1.807) is 0 Å². The molecule has 0 N–H and O–H groups in total. The topological polar surface area (TPSA) is 3.24 Å². The van der Waals surface area contributed by atoms with Gasteiger partial charge in [0.25, 0.3) is 0 Å². The molecule has 0 heterocycles. The summed E-state index contributed by atoms with van der Waals surface area (Å²) in [6, 6.07) is 64.2. The number of rotatable bonds is 5. The van der Waals surface area contributed by atoms with Gasteiger partial charge in [-0.15, -0.1) is 0 Å². The Morgan fingerprint density at radius 2 is 0.661 bits per heavy atom. The summed E-state index contributed by atoms with van der Waals surface area (Å²) >= 11 is 0. The molecular formula is C58H49N. The molecule has 8 aromatic rings. The number of nitrogens with zero attached hydrogens (tertiary/aromatic N) is 1. The van der Waals surface area contributed by atoms with Crippen molar-refractivity contribution in [3.05, 3.63) is 209 Å². The first-order valence-corrected chi connectivity index (χ1v) is 21.2. The van der Waals surface area contributed by atoms with Gasteiger partial charge in [-0.05, 0) is 150 Å². The highest BCUT2D eigenvalue weighted by atomic mass is 15.1. The SMILES string of the molecule is Cc1c(-c2ccc3c(c2)C(C)(C)c2ccccc2-3)cc(N(c2ccccc2)c2ccc3c(c2)C(C)(C)c2ccccc2-3)cc1-c1ccc2c(c1)C(C)(C)c1ccccc1-2. The normalized spacial score (nSPS) is 15.4. The molecule has 0 aliphatic heterocycles. The predicted octanol–water partition coefficient (Wildman–Crippen LogP) is 15.7. The van der Waals surface area contributed by atoms with Crippen LogP contribution in [0.4, 0.5) is 17.1 Å². The number of benzene rings is 8. The van der Waals surface area contributed by atoms with Gasteiger partial charge in [0.05, 0.1) is 0 Å². The Morgan fingerprint density at radius 3 is 1.12 bits per heavy atom. The van der Waals surface area contributed by atoms with Gasteiger partial charge in [0, 0.05) is 33.3 Å². The molecule has 0 radical (unpaired) electrons. The van der Waals surface area contributed by atoms with Gasteiger partial charge in [-0.3, -0.25) is 0 Å². The van der Waals surface area contributed by atoms with Crippen molar-refractivity contribution >= 4 is 17.1 Å². The highest BCUT2D eigenvalue weighted by molar-refractivity contribution is 5.92. The first-order chi connectivity index (χ1) is 28.4. The van der Waals surface area contributed by atoms with E-state index < -0.39 is 0 Å². The van der Waals surface area contributed by atoms with Crippen molar-refractivity contribution < 1.29 is 0 Å². The summed E-state index contributed by atoms with van der Waals surface area (Å²) in [5, 5.41) is 0. The van der Waals surface area contributed by atoms with E-state index in [1.165, 1.54) is 94.6 Å². The zero-order valence-corrected chi connectivity index (χ0v) is 35.1. The maximum absolute atomic E-state index is 2.48. The minimum absolute atomic E-state index is 0.0955. The van der Waals surface area contributed by atoms with Crippen LogP contribution in [0.2, 0.25) is 0 Å². The summed E-state index contributed by atoms with van der Waals surface area (Å²) in [6.07, 6.45) is 0. The van der Waals surface area contributed by atoms with E-state index in [4.69, 9.17) is 0 Å². The molecule has 1 nitrogen and oxygen atoms in total. The molecular weight excluding hydrogens is 711 g/mol. The average molecular weight is 760 g/mol. The maximum Gasteiger partial charge on any atom is 0.0474 e. The van der Waals surface area contributed by atoms with Gasteiger partial charge in [-0.1, -0.05) is 163 Å². The van der Waals surface area contributed by atoms with Crippen LogP contribution in [-0.2, 0) is 16.2 Å². The second kappa shape index (κ2) is 12.5. The van der Waals surface area contributed by atoms with Crippen molar-refractivity contribution in [2.45, 2.75) is 64.7 Å². The fourth-order valence-corrected chi connectivity index (χ4v) is 11.0. The largest absolute Gasteiger partial charge is 0.310 e. The second-order valence-electron chi connectivity index (χ2n) is 18.6. The molecule has 0 unspecified atom stereocenters. The van der Waals surface area contributed by atoms with E-state index in [0.717, 1.165) is 17.1 Å². The van der Waals surface area contributed by atoms with E-state index in [1.807, 2.05) is 0 Å². The number of fused-ring (bicyclic) bond motifs is 9. The Morgan fingerprint density at radius 1 is 0.288 bits per heavy atom. The van der Waals surface area contributed by atoms with Crippen molar-refractivity contribution in [2.24, 2.45) is 0 Å². The van der Waals surface area contributed by atoms with Crippen LogP contribution < -0.4 is 4.90 Å². The summed E-state index contributed by atoms with van der Waals surface area (Å²) in [4.78, 5) is 2.48. The number of hydrogen-bond acceptors (Lipinski definition) is 1. The second-order valence-corrected chi connectivity index (χ2v) is 18.6. The minimum atomic E-state index is -0.114. The molecule has 11 rings (SSSR count). The first kappa shape index (κ1) is 35.7. The van der Waals surface area contributed by atoms with Crippen LogP contribution in [0.3, 0.4) is 0 Å². The van der Waals surface area contributed by atoms with Crippen molar-refractivity contribution in [1.29, 1.82) is 0 Å². The lowest BCUT2D eigenvalue weighted by molar-refractivity contribution is 0.660. The maximum atomic E-state index is 2.48. The molecule has 1 heteroatoms. The van der Waals surface area contributed by atoms with E-state index in [-0.39, 0.29) is 16.2 Å². The molecule has 0 spiro atoms. The van der Waals surface area contributed by atoms with Crippen LogP contribution in [-0.4, -0.2) is 0 Å². The van der Waals surface area contributed by atoms with E-state index >= 15 is 0 Å². The quantitative estimate of drug-likeness (QED) is 0.169. The summed E-state index contributed by atoms with van der Waals surface area (Å²) in [6.45, 7) is 16.6. The van der Waals surface area contributed by atoms with E-state index in [0.29, 0.717) is 0 Å². The molecule has 8 aromatic carbocycles. The smallest absolute Gasteiger partial charge is 0.0474 e. The van der Waals surface area contributed by atoms with Crippen LogP contribution >= 0.6 is 0 Å². The van der Waals surface area contributed by atoms with Gasteiger partial charge < -0.3 is 4.90 Å². The number of anilines is 3. The van der Waals surface area contributed by atoms with Crippen LogP contribution in [0.15, 0.2) is 170 Å². The van der Waals surface area contributed by atoms with Gasteiger partial charge in [0.2, 0.25) is 0 Å². The Hall–Kier alpha value is -6.44. The molecule has 0 aromatic heterocycles. The molecule has 0 saturated carbocycles. The Labute approximate surface area is 349 Å². The highest BCUT2D eigenvalue weighted by Gasteiger charge is 2.38. The van der Waals surface area contributed by atoms with Gasteiger partial charge in [0.1, 0.15) is 0 Å². The average Bonchev–Trinajstić information content (AvgIpc) is 3.74. The van der Waals surface area contributed by atoms with Crippen LogP contribution in [0, 0.1) is 6.92 Å². The van der Waals surface area contributed by atoms with Crippen molar-refractivity contribution in [3.63, 3.8) is 0 Å².